The number of hydrogen-bond acceptors (Lipinski definition) is 7. The summed E-state index contributed by atoms with van der Waals surface area (Å²) < 4.78 is 5.47. The molecule has 0 radical (unpaired) electrons. The summed E-state index contributed by atoms with van der Waals surface area (Å²) >= 11 is 2.62. The van der Waals surface area contributed by atoms with Crippen LogP contribution >= 0.6 is 22.7 Å². The van der Waals surface area contributed by atoms with Crippen molar-refractivity contribution in [3.8, 4) is 0 Å². The number of carbonyl (C=O) groups excluding carboxylic acids is 3. The number of hydrogen-bond donors (Lipinski definition) is 0. The van der Waals surface area contributed by atoms with Gasteiger partial charge in [0.2, 0.25) is 11.7 Å². The van der Waals surface area contributed by atoms with Gasteiger partial charge in [-0.15, -0.1) is 22.7 Å². The van der Waals surface area contributed by atoms with E-state index < -0.39 is 5.97 Å². The van der Waals surface area contributed by atoms with Crippen LogP contribution in [0.25, 0.3) is 0 Å². The van der Waals surface area contributed by atoms with Crippen LogP contribution in [0.4, 0.5) is 10.8 Å². The number of aryl methyl sites for hydroxylation is 2. The minimum absolute atomic E-state index is 0.0739. The van der Waals surface area contributed by atoms with Crippen molar-refractivity contribution >= 4 is 51.2 Å². The van der Waals surface area contributed by atoms with Gasteiger partial charge in [0.1, 0.15) is 6.61 Å². The van der Waals surface area contributed by atoms with Gasteiger partial charge in [-0.3, -0.25) is 14.5 Å². The number of benzene rings is 2. The zero-order valence-electron chi connectivity index (χ0n) is 18.9. The predicted octanol–water partition coefficient (Wildman–Crippen LogP) is 6.09. The van der Waals surface area contributed by atoms with Crippen molar-refractivity contribution < 1.29 is 19.1 Å². The number of carbonyl (C=O) groups is 3. The van der Waals surface area contributed by atoms with Gasteiger partial charge in [-0.1, -0.05) is 42.0 Å². The second-order valence-corrected chi connectivity index (χ2v) is 9.48. The van der Waals surface area contributed by atoms with Crippen LogP contribution in [0.15, 0.2) is 65.4 Å². The lowest BCUT2D eigenvalue weighted by atomic mass is 10.0. The molecule has 6 nitrogen and oxygen atoms in total. The first-order chi connectivity index (χ1) is 16.3. The maximum absolute atomic E-state index is 12.8. The fourth-order valence-electron chi connectivity index (χ4n) is 3.55. The molecule has 4 aromatic rings. The molecule has 4 rings (SSSR count). The molecular weight excluding hydrogens is 468 g/mol. The number of aromatic nitrogens is 1. The summed E-state index contributed by atoms with van der Waals surface area (Å²) in [5.74, 6) is -0.984. The molecule has 0 fully saturated rings. The monoisotopic (exact) mass is 490 g/mol. The minimum Gasteiger partial charge on any atom is -0.456 e. The highest BCUT2D eigenvalue weighted by Crippen LogP contribution is 2.32. The van der Waals surface area contributed by atoms with E-state index >= 15 is 0 Å². The molecule has 2 heterocycles. The number of ketones is 1. The number of amides is 1. The Labute approximate surface area is 205 Å². The largest absolute Gasteiger partial charge is 0.456 e. The number of rotatable bonds is 7. The average Bonchev–Trinajstić information content (AvgIpc) is 3.51. The molecule has 8 heteroatoms. The molecule has 1 amide bonds. The first kappa shape index (κ1) is 23.5. The van der Waals surface area contributed by atoms with Crippen LogP contribution in [0.2, 0.25) is 0 Å². The predicted molar refractivity (Wildman–Crippen MR) is 134 cm³/mol. The second-order valence-electron chi connectivity index (χ2n) is 7.69. The molecule has 0 aliphatic rings. The van der Waals surface area contributed by atoms with Crippen molar-refractivity contribution in [2.45, 2.75) is 27.4 Å². The average molecular weight is 491 g/mol. The lowest BCUT2D eigenvalue weighted by Crippen LogP contribution is -2.23. The minimum atomic E-state index is -0.604. The molecule has 0 atom stereocenters. The summed E-state index contributed by atoms with van der Waals surface area (Å²) in [6, 6.07) is 16.0. The molecule has 0 saturated carbocycles. The normalized spacial score (nSPS) is 10.7. The summed E-state index contributed by atoms with van der Waals surface area (Å²) in [6.45, 7) is 5.36. The van der Waals surface area contributed by atoms with Crippen molar-refractivity contribution in [1.82, 2.24) is 4.98 Å². The van der Waals surface area contributed by atoms with Gasteiger partial charge in [0.15, 0.2) is 5.13 Å². The van der Waals surface area contributed by atoms with Gasteiger partial charge in [-0.05, 0) is 43.0 Å². The quantitative estimate of drug-likeness (QED) is 0.231. The van der Waals surface area contributed by atoms with E-state index in [1.54, 1.807) is 46.7 Å². The second kappa shape index (κ2) is 10.1. The van der Waals surface area contributed by atoms with E-state index in [-0.39, 0.29) is 23.9 Å². The molecule has 0 spiro atoms. The zero-order chi connectivity index (χ0) is 24.2. The van der Waals surface area contributed by atoms with E-state index in [9.17, 15) is 14.4 Å². The Morgan fingerprint density at radius 1 is 0.971 bits per heavy atom. The first-order valence-electron chi connectivity index (χ1n) is 10.5. The highest BCUT2D eigenvalue weighted by Gasteiger charge is 2.22. The van der Waals surface area contributed by atoms with Gasteiger partial charge in [-0.25, -0.2) is 9.78 Å². The summed E-state index contributed by atoms with van der Waals surface area (Å²) in [7, 11) is 0. The van der Waals surface area contributed by atoms with Gasteiger partial charge in [0, 0.05) is 17.9 Å². The highest BCUT2D eigenvalue weighted by atomic mass is 32.1. The van der Waals surface area contributed by atoms with E-state index in [1.807, 2.05) is 37.4 Å². The summed E-state index contributed by atoms with van der Waals surface area (Å²) in [6.07, 6.45) is 0. The Bertz CT molecular complexity index is 1360. The van der Waals surface area contributed by atoms with E-state index in [4.69, 9.17) is 4.74 Å². The molecule has 2 aromatic heterocycles. The summed E-state index contributed by atoms with van der Waals surface area (Å²) in [5, 5.41) is 4.07. The maximum atomic E-state index is 12.8. The van der Waals surface area contributed by atoms with Gasteiger partial charge in [-0.2, -0.15) is 0 Å². The van der Waals surface area contributed by atoms with Crippen molar-refractivity contribution in [2.24, 2.45) is 0 Å². The highest BCUT2D eigenvalue weighted by molar-refractivity contribution is 7.14. The summed E-state index contributed by atoms with van der Waals surface area (Å²) in [4.78, 5) is 44.6. The van der Waals surface area contributed by atoms with E-state index in [2.05, 4.69) is 4.98 Å². The van der Waals surface area contributed by atoms with Gasteiger partial charge in [0.25, 0.3) is 0 Å². The molecule has 2 aromatic carbocycles. The standard InChI is InChI=1S/C26H22N2O4S2/c1-16-10-11-22(17(2)13-16)28(18(3)29)26-27-19(15-34-26)14-32-25(31)21-8-5-4-7-20(21)24(30)23-9-6-12-33-23/h4-13,15H,14H2,1-3H3. The maximum Gasteiger partial charge on any atom is 0.339 e. The lowest BCUT2D eigenvalue weighted by molar-refractivity contribution is -0.115. The van der Waals surface area contributed by atoms with Crippen molar-refractivity contribution in [1.29, 1.82) is 0 Å². The zero-order valence-corrected chi connectivity index (χ0v) is 20.5. The van der Waals surface area contributed by atoms with Crippen molar-refractivity contribution in [3.05, 3.63) is 98.2 Å². The van der Waals surface area contributed by atoms with E-state index in [0.717, 1.165) is 16.8 Å². The Morgan fingerprint density at radius 3 is 2.41 bits per heavy atom. The van der Waals surface area contributed by atoms with Crippen LogP contribution in [0, 0.1) is 13.8 Å². The fraction of sp³-hybridized carbons (Fsp3) is 0.154. The van der Waals surface area contributed by atoms with Crippen LogP contribution in [-0.4, -0.2) is 22.6 Å². The molecule has 0 unspecified atom stereocenters. The number of thiazole rings is 1. The molecule has 0 aliphatic heterocycles. The smallest absolute Gasteiger partial charge is 0.339 e. The third-order valence-corrected chi connectivity index (χ3v) is 6.87. The van der Waals surface area contributed by atoms with Crippen LogP contribution < -0.4 is 4.90 Å². The number of ether oxygens (including phenoxy) is 1. The van der Waals surface area contributed by atoms with Gasteiger partial charge < -0.3 is 4.74 Å². The number of esters is 1. The topological polar surface area (TPSA) is 76.6 Å². The number of anilines is 2. The van der Waals surface area contributed by atoms with Crippen LogP contribution in [0.5, 0.6) is 0 Å². The van der Waals surface area contributed by atoms with Gasteiger partial charge in [0.05, 0.1) is 21.8 Å². The SMILES string of the molecule is CC(=O)N(c1nc(COC(=O)c2ccccc2C(=O)c2cccs2)cs1)c1ccc(C)cc1C. The van der Waals surface area contributed by atoms with Crippen molar-refractivity contribution in [3.63, 3.8) is 0 Å². The third-order valence-electron chi connectivity index (χ3n) is 5.13. The van der Waals surface area contributed by atoms with E-state index in [0.29, 0.717) is 21.3 Å². The molecule has 0 bridgehead atoms. The summed E-state index contributed by atoms with van der Waals surface area (Å²) in [5.41, 5.74) is 3.85. The molecule has 0 N–H and O–H groups in total. The Balaban J connectivity index is 1.51. The number of nitrogens with zero attached hydrogens (tertiary/aromatic N) is 2. The molecule has 34 heavy (non-hydrogen) atoms. The van der Waals surface area contributed by atoms with E-state index in [1.165, 1.54) is 29.6 Å². The fourth-order valence-corrected chi connectivity index (χ4v) is 5.09. The third kappa shape index (κ3) is 4.98. The van der Waals surface area contributed by atoms with Crippen LogP contribution in [0.1, 0.15) is 49.3 Å². The molecular formula is C26H22N2O4S2. The van der Waals surface area contributed by atoms with Crippen LogP contribution in [0.3, 0.4) is 0 Å². The van der Waals surface area contributed by atoms with Crippen molar-refractivity contribution in [2.75, 3.05) is 4.90 Å². The Hall–Kier alpha value is -3.62. The Morgan fingerprint density at radius 2 is 1.74 bits per heavy atom. The molecule has 0 aliphatic carbocycles. The Kier molecular flexibility index (Phi) is 7.00. The van der Waals surface area contributed by atoms with Crippen LogP contribution in [-0.2, 0) is 16.1 Å². The number of thiophene rings is 1. The van der Waals surface area contributed by atoms with Gasteiger partial charge >= 0.3 is 5.97 Å². The molecule has 172 valence electrons. The lowest BCUT2D eigenvalue weighted by Gasteiger charge is -2.20. The first-order valence-corrected chi connectivity index (χ1v) is 12.3. The molecule has 0 saturated heterocycles.